The van der Waals surface area contributed by atoms with E-state index in [9.17, 15) is 0 Å². The number of anilines is 3. The molecule has 0 amide bonds. The van der Waals surface area contributed by atoms with Gasteiger partial charge in [-0.15, -0.1) is 15.3 Å². The highest BCUT2D eigenvalue weighted by molar-refractivity contribution is 5.47. The second-order valence-electron chi connectivity index (χ2n) is 6.80. The topological polar surface area (TPSA) is 61.3 Å². The van der Waals surface area contributed by atoms with Gasteiger partial charge in [0.05, 0.1) is 5.69 Å². The van der Waals surface area contributed by atoms with E-state index in [0.29, 0.717) is 0 Å². The maximum atomic E-state index is 4.47. The third-order valence-electron chi connectivity index (χ3n) is 5.03. The van der Waals surface area contributed by atoms with Crippen molar-refractivity contribution in [2.75, 3.05) is 54.0 Å². The van der Waals surface area contributed by atoms with Gasteiger partial charge in [-0.3, -0.25) is 0 Å². The van der Waals surface area contributed by atoms with Gasteiger partial charge in [-0.25, -0.2) is 0 Å². The molecule has 7 nitrogen and oxygen atoms in total. The molecule has 0 saturated carbocycles. The standard InChI is InChI=1S/C18H25N7/c1-15-5-6-16(20-19-15)24-11-13-25(14-12-24)18-8-7-17(21-22-18)23-9-3-2-4-10-23/h5-8H,2-4,9-14H2,1H3. The number of piperazine rings is 1. The van der Waals surface area contributed by atoms with Crippen LogP contribution in [0.3, 0.4) is 0 Å². The Bertz CT molecular complexity index is 672. The first-order chi connectivity index (χ1) is 12.3. The lowest BCUT2D eigenvalue weighted by Gasteiger charge is -2.35. The van der Waals surface area contributed by atoms with Crippen LogP contribution in [-0.4, -0.2) is 59.7 Å². The van der Waals surface area contributed by atoms with Crippen LogP contribution in [0.25, 0.3) is 0 Å². The van der Waals surface area contributed by atoms with E-state index < -0.39 is 0 Å². The Morgan fingerprint density at radius 1 is 0.560 bits per heavy atom. The summed E-state index contributed by atoms with van der Waals surface area (Å²) in [7, 11) is 0. The van der Waals surface area contributed by atoms with Gasteiger partial charge in [0.2, 0.25) is 0 Å². The molecule has 2 aromatic heterocycles. The molecular formula is C18H25N7. The molecule has 25 heavy (non-hydrogen) atoms. The minimum Gasteiger partial charge on any atom is -0.355 e. The summed E-state index contributed by atoms with van der Waals surface area (Å²) < 4.78 is 0. The van der Waals surface area contributed by atoms with Gasteiger partial charge in [0.1, 0.15) is 0 Å². The summed E-state index contributed by atoms with van der Waals surface area (Å²) in [6.45, 7) is 7.86. The van der Waals surface area contributed by atoms with Crippen LogP contribution >= 0.6 is 0 Å². The summed E-state index contributed by atoms with van der Waals surface area (Å²) in [5.74, 6) is 2.93. The lowest BCUT2D eigenvalue weighted by molar-refractivity contribution is 0.570. The zero-order chi connectivity index (χ0) is 17.1. The van der Waals surface area contributed by atoms with Crippen molar-refractivity contribution in [1.82, 2.24) is 20.4 Å². The zero-order valence-electron chi connectivity index (χ0n) is 14.8. The highest BCUT2D eigenvalue weighted by Gasteiger charge is 2.20. The molecule has 2 aliphatic heterocycles. The molecular weight excluding hydrogens is 314 g/mol. The Kier molecular flexibility index (Phi) is 4.63. The highest BCUT2D eigenvalue weighted by atomic mass is 15.4. The summed E-state index contributed by atoms with van der Waals surface area (Å²) in [5, 5.41) is 17.4. The van der Waals surface area contributed by atoms with E-state index in [1.54, 1.807) is 0 Å². The fraction of sp³-hybridized carbons (Fsp3) is 0.556. The van der Waals surface area contributed by atoms with E-state index in [-0.39, 0.29) is 0 Å². The van der Waals surface area contributed by atoms with E-state index in [1.165, 1.54) is 19.3 Å². The van der Waals surface area contributed by atoms with Crippen molar-refractivity contribution in [2.45, 2.75) is 26.2 Å². The molecule has 0 spiro atoms. The third kappa shape index (κ3) is 3.65. The molecule has 0 aliphatic carbocycles. The average molecular weight is 339 g/mol. The Morgan fingerprint density at radius 2 is 1.00 bits per heavy atom. The van der Waals surface area contributed by atoms with E-state index in [4.69, 9.17) is 0 Å². The van der Waals surface area contributed by atoms with Crippen molar-refractivity contribution >= 4 is 17.5 Å². The van der Waals surface area contributed by atoms with Crippen molar-refractivity contribution < 1.29 is 0 Å². The van der Waals surface area contributed by atoms with Gasteiger partial charge in [-0.2, -0.15) is 5.10 Å². The van der Waals surface area contributed by atoms with Crippen molar-refractivity contribution in [3.63, 3.8) is 0 Å². The zero-order valence-corrected chi connectivity index (χ0v) is 14.8. The van der Waals surface area contributed by atoms with Gasteiger partial charge < -0.3 is 14.7 Å². The van der Waals surface area contributed by atoms with Gasteiger partial charge in [-0.1, -0.05) is 0 Å². The van der Waals surface area contributed by atoms with Gasteiger partial charge in [0, 0.05) is 39.3 Å². The first-order valence-corrected chi connectivity index (χ1v) is 9.18. The summed E-state index contributed by atoms with van der Waals surface area (Å²) in [5.41, 5.74) is 0.950. The number of hydrogen-bond donors (Lipinski definition) is 0. The van der Waals surface area contributed by atoms with Crippen molar-refractivity contribution in [3.05, 3.63) is 30.0 Å². The lowest BCUT2D eigenvalue weighted by atomic mass is 10.1. The van der Waals surface area contributed by atoms with Crippen LogP contribution in [-0.2, 0) is 0 Å². The molecule has 7 heteroatoms. The number of nitrogens with zero attached hydrogens (tertiary/aromatic N) is 7. The molecule has 0 atom stereocenters. The Morgan fingerprint density at radius 3 is 1.44 bits per heavy atom. The van der Waals surface area contributed by atoms with E-state index in [2.05, 4.69) is 47.2 Å². The molecule has 132 valence electrons. The maximum Gasteiger partial charge on any atom is 0.151 e. The maximum absolute atomic E-state index is 4.47. The minimum atomic E-state index is 0.924. The third-order valence-corrected chi connectivity index (χ3v) is 5.03. The quantitative estimate of drug-likeness (QED) is 0.846. The summed E-state index contributed by atoms with van der Waals surface area (Å²) in [6.07, 6.45) is 3.85. The first-order valence-electron chi connectivity index (χ1n) is 9.18. The molecule has 0 bridgehead atoms. The molecule has 2 aromatic rings. The summed E-state index contributed by atoms with van der Waals surface area (Å²) >= 11 is 0. The molecule has 0 radical (unpaired) electrons. The van der Waals surface area contributed by atoms with Crippen LogP contribution in [0, 0.1) is 6.92 Å². The first kappa shape index (κ1) is 16.1. The van der Waals surface area contributed by atoms with Crippen LogP contribution in [0.1, 0.15) is 25.0 Å². The molecule has 2 saturated heterocycles. The normalized spacial score (nSPS) is 18.5. The number of rotatable bonds is 3. The minimum absolute atomic E-state index is 0.924. The number of hydrogen-bond acceptors (Lipinski definition) is 7. The van der Waals surface area contributed by atoms with Crippen LogP contribution in [0.4, 0.5) is 17.5 Å². The second-order valence-corrected chi connectivity index (χ2v) is 6.80. The second kappa shape index (κ2) is 7.21. The molecule has 0 N–H and O–H groups in total. The van der Waals surface area contributed by atoms with Crippen LogP contribution in [0.5, 0.6) is 0 Å². The van der Waals surface area contributed by atoms with Gasteiger partial charge >= 0.3 is 0 Å². The molecule has 0 aromatic carbocycles. The fourth-order valence-electron chi connectivity index (χ4n) is 3.50. The van der Waals surface area contributed by atoms with Crippen LogP contribution in [0.15, 0.2) is 24.3 Å². The Labute approximate surface area is 148 Å². The predicted molar refractivity (Wildman–Crippen MR) is 99.3 cm³/mol. The van der Waals surface area contributed by atoms with Crippen LogP contribution < -0.4 is 14.7 Å². The molecule has 0 unspecified atom stereocenters. The monoisotopic (exact) mass is 339 g/mol. The van der Waals surface area contributed by atoms with Gasteiger partial charge in [-0.05, 0) is 50.5 Å². The smallest absolute Gasteiger partial charge is 0.151 e. The fourth-order valence-corrected chi connectivity index (χ4v) is 3.50. The Hall–Kier alpha value is -2.44. The molecule has 4 heterocycles. The number of aromatic nitrogens is 4. The van der Waals surface area contributed by atoms with E-state index in [1.807, 2.05) is 19.1 Å². The van der Waals surface area contributed by atoms with E-state index >= 15 is 0 Å². The Balaban J connectivity index is 1.36. The summed E-state index contributed by atoms with van der Waals surface area (Å²) in [6, 6.07) is 8.29. The van der Waals surface area contributed by atoms with Crippen LogP contribution in [0.2, 0.25) is 0 Å². The molecule has 4 rings (SSSR count). The average Bonchev–Trinajstić information content (AvgIpc) is 2.70. The molecule has 2 fully saturated rings. The van der Waals surface area contributed by atoms with Crippen molar-refractivity contribution in [3.8, 4) is 0 Å². The van der Waals surface area contributed by atoms with Crippen molar-refractivity contribution in [1.29, 1.82) is 0 Å². The lowest BCUT2D eigenvalue weighted by Crippen LogP contribution is -2.47. The highest BCUT2D eigenvalue weighted by Crippen LogP contribution is 2.20. The van der Waals surface area contributed by atoms with Gasteiger partial charge in [0.15, 0.2) is 17.5 Å². The van der Waals surface area contributed by atoms with E-state index in [0.717, 1.165) is 62.4 Å². The van der Waals surface area contributed by atoms with Crippen molar-refractivity contribution in [2.24, 2.45) is 0 Å². The largest absolute Gasteiger partial charge is 0.355 e. The number of piperidine rings is 1. The SMILES string of the molecule is Cc1ccc(N2CCN(c3ccc(N4CCCCC4)nn3)CC2)nn1. The molecule has 2 aliphatic rings. The number of aryl methyl sites for hydroxylation is 1. The summed E-state index contributed by atoms with van der Waals surface area (Å²) in [4.78, 5) is 6.91. The predicted octanol–water partition coefficient (Wildman–Crippen LogP) is 1.89. The van der Waals surface area contributed by atoms with Gasteiger partial charge in [0.25, 0.3) is 0 Å².